The van der Waals surface area contributed by atoms with Gasteiger partial charge in [-0.05, 0) is 62.1 Å². The summed E-state index contributed by atoms with van der Waals surface area (Å²) >= 11 is 0. The summed E-state index contributed by atoms with van der Waals surface area (Å²) in [7, 11) is 0. The number of phenols is 1. The lowest BCUT2D eigenvalue weighted by Crippen LogP contribution is -2.08. The van der Waals surface area contributed by atoms with Crippen molar-refractivity contribution in [1.29, 1.82) is 0 Å². The number of halogens is 1. The van der Waals surface area contributed by atoms with Crippen LogP contribution in [0.25, 0.3) is 0 Å². The molecule has 0 fully saturated rings. The maximum atomic E-state index is 13.3. The second-order valence-corrected chi connectivity index (χ2v) is 6.16. The van der Waals surface area contributed by atoms with Crippen LogP contribution in [-0.4, -0.2) is 30.3 Å². The van der Waals surface area contributed by atoms with E-state index in [0.29, 0.717) is 24.5 Å². The molecule has 0 unspecified atom stereocenters. The Kier molecular flexibility index (Phi) is 8.69. The van der Waals surface area contributed by atoms with Crippen LogP contribution in [0, 0.1) is 5.82 Å². The topological polar surface area (TPSA) is 82.1 Å². The normalized spacial score (nSPS) is 10.2. The minimum Gasteiger partial charge on any atom is -0.505 e. The first-order valence-corrected chi connectivity index (χ1v) is 9.22. The first kappa shape index (κ1) is 21.9. The maximum Gasteiger partial charge on any atom is 0.343 e. The van der Waals surface area contributed by atoms with Gasteiger partial charge in [0.2, 0.25) is 0 Å². The summed E-state index contributed by atoms with van der Waals surface area (Å²) in [6.07, 6.45) is 4.66. The lowest BCUT2D eigenvalue weighted by molar-refractivity contribution is -0.137. The molecule has 0 bridgehead atoms. The maximum absolute atomic E-state index is 13.3. The summed E-state index contributed by atoms with van der Waals surface area (Å²) in [5, 5.41) is 9.15. The molecule has 1 N–H and O–H groups in total. The number of carbonyl (C=O) groups excluding carboxylic acids is 2. The minimum atomic E-state index is -0.864. The molecule has 6 nitrogen and oxygen atoms in total. The summed E-state index contributed by atoms with van der Waals surface area (Å²) in [6.45, 7) is 4.25. The zero-order chi connectivity index (χ0) is 21.1. The van der Waals surface area contributed by atoms with Crippen molar-refractivity contribution in [2.45, 2.75) is 25.7 Å². The Hall–Kier alpha value is -3.35. The van der Waals surface area contributed by atoms with Gasteiger partial charge in [-0.1, -0.05) is 6.58 Å². The zero-order valence-corrected chi connectivity index (χ0v) is 15.9. The number of rotatable bonds is 11. The highest BCUT2D eigenvalue weighted by Crippen LogP contribution is 2.22. The van der Waals surface area contributed by atoms with Crippen LogP contribution in [-0.2, 0) is 9.53 Å². The largest absolute Gasteiger partial charge is 0.505 e. The number of hydrogen-bond donors (Lipinski definition) is 1. The molecule has 0 spiro atoms. The average Bonchev–Trinajstić information content (AvgIpc) is 2.72. The summed E-state index contributed by atoms with van der Waals surface area (Å²) in [5.41, 5.74) is 0.292. The molecule has 0 atom stereocenters. The molecular weight excluding hydrogens is 379 g/mol. The molecule has 0 aliphatic carbocycles. The van der Waals surface area contributed by atoms with Gasteiger partial charge >= 0.3 is 11.9 Å². The molecular formula is C22H23FO6. The first-order valence-electron chi connectivity index (χ1n) is 9.22. The fraction of sp³-hybridized carbons (Fsp3) is 0.273. The van der Waals surface area contributed by atoms with Crippen molar-refractivity contribution in [3.8, 4) is 17.2 Å². The number of aromatic hydroxyl groups is 1. The van der Waals surface area contributed by atoms with Gasteiger partial charge in [0.05, 0.1) is 18.8 Å². The van der Waals surface area contributed by atoms with E-state index in [4.69, 9.17) is 19.3 Å². The number of carbonyl (C=O) groups is 2. The van der Waals surface area contributed by atoms with Crippen molar-refractivity contribution in [2.24, 2.45) is 0 Å². The highest BCUT2D eigenvalue weighted by molar-refractivity contribution is 5.91. The number of ether oxygens (including phenoxy) is 3. The summed E-state index contributed by atoms with van der Waals surface area (Å²) in [5.74, 6) is -1.80. The Morgan fingerprint density at radius 3 is 2.28 bits per heavy atom. The van der Waals surface area contributed by atoms with Crippen LogP contribution in [0.4, 0.5) is 4.39 Å². The summed E-state index contributed by atoms with van der Waals surface area (Å²) in [4.78, 5) is 23.0. The van der Waals surface area contributed by atoms with Crippen LogP contribution < -0.4 is 9.47 Å². The van der Waals surface area contributed by atoms with Crippen molar-refractivity contribution in [3.63, 3.8) is 0 Å². The molecule has 2 rings (SSSR count). The molecule has 0 heterocycles. The van der Waals surface area contributed by atoms with E-state index in [1.807, 2.05) is 0 Å². The molecule has 0 saturated carbocycles. The van der Waals surface area contributed by atoms with Gasteiger partial charge in [0, 0.05) is 12.1 Å². The third kappa shape index (κ3) is 7.65. The Bertz CT molecular complexity index is 832. The predicted molar refractivity (Wildman–Crippen MR) is 105 cm³/mol. The van der Waals surface area contributed by atoms with Gasteiger partial charge in [-0.2, -0.15) is 0 Å². The number of phenolic OH excluding ortho intramolecular Hbond substituents is 1. The van der Waals surface area contributed by atoms with E-state index in [1.54, 1.807) is 24.3 Å². The molecule has 2 aromatic rings. The second-order valence-electron chi connectivity index (χ2n) is 6.16. The van der Waals surface area contributed by atoms with Gasteiger partial charge in [0.1, 0.15) is 11.5 Å². The number of unbranched alkanes of at least 4 members (excludes halogenated alkanes) is 3. The van der Waals surface area contributed by atoms with Gasteiger partial charge in [0.25, 0.3) is 0 Å². The molecule has 0 aliphatic heterocycles. The van der Waals surface area contributed by atoms with Gasteiger partial charge in [-0.25, -0.2) is 14.0 Å². The van der Waals surface area contributed by atoms with E-state index in [2.05, 4.69) is 6.58 Å². The van der Waals surface area contributed by atoms with E-state index in [9.17, 15) is 14.0 Å². The molecule has 0 aromatic heterocycles. The Labute approximate surface area is 168 Å². The fourth-order valence-electron chi connectivity index (χ4n) is 2.38. The van der Waals surface area contributed by atoms with Crippen molar-refractivity contribution in [2.75, 3.05) is 13.2 Å². The van der Waals surface area contributed by atoms with E-state index in [-0.39, 0.29) is 5.75 Å². The molecule has 2 aromatic carbocycles. The standard InChI is InChI=1S/C22H23FO6/c1-2-21(25)28-14-6-4-3-5-13-27-17-9-7-16(8-10-17)22(26)29-18-11-12-20(24)19(23)15-18/h2,7-12,15,24H,1,3-6,13-14H2. The summed E-state index contributed by atoms with van der Waals surface area (Å²) < 4.78 is 28.9. The monoisotopic (exact) mass is 402 g/mol. The zero-order valence-electron chi connectivity index (χ0n) is 15.9. The molecule has 7 heteroatoms. The molecule has 154 valence electrons. The van der Waals surface area contributed by atoms with E-state index < -0.39 is 23.5 Å². The fourth-order valence-corrected chi connectivity index (χ4v) is 2.38. The smallest absolute Gasteiger partial charge is 0.343 e. The van der Waals surface area contributed by atoms with Crippen LogP contribution in [0.5, 0.6) is 17.2 Å². The third-order valence-electron chi connectivity index (χ3n) is 3.94. The predicted octanol–water partition coefficient (Wildman–Crippen LogP) is 4.42. The number of benzene rings is 2. The van der Waals surface area contributed by atoms with E-state index >= 15 is 0 Å². The summed E-state index contributed by atoms with van der Waals surface area (Å²) in [6, 6.07) is 9.78. The Morgan fingerprint density at radius 1 is 0.966 bits per heavy atom. The van der Waals surface area contributed by atoms with E-state index in [1.165, 1.54) is 6.07 Å². The number of hydrogen-bond acceptors (Lipinski definition) is 6. The SMILES string of the molecule is C=CC(=O)OCCCCCCOc1ccc(C(=O)Oc2ccc(O)c(F)c2)cc1. The Morgan fingerprint density at radius 2 is 1.62 bits per heavy atom. The van der Waals surface area contributed by atoms with Crippen molar-refractivity contribution in [3.05, 3.63) is 66.5 Å². The van der Waals surface area contributed by atoms with Crippen molar-refractivity contribution < 1.29 is 33.3 Å². The van der Waals surface area contributed by atoms with Crippen molar-refractivity contribution >= 4 is 11.9 Å². The van der Waals surface area contributed by atoms with Crippen LogP contribution in [0.15, 0.2) is 55.1 Å². The average molecular weight is 402 g/mol. The number of esters is 2. The first-order chi connectivity index (χ1) is 14.0. The van der Waals surface area contributed by atoms with Crippen LogP contribution in [0.1, 0.15) is 36.0 Å². The molecule has 0 aliphatic rings. The van der Waals surface area contributed by atoms with Crippen molar-refractivity contribution in [1.82, 2.24) is 0 Å². The van der Waals surface area contributed by atoms with Gasteiger partial charge in [-0.15, -0.1) is 0 Å². The van der Waals surface area contributed by atoms with E-state index in [0.717, 1.165) is 43.9 Å². The van der Waals surface area contributed by atoms with Crippen LogP contribution in [0.3, 0.4) is 0 Å². The minimum absolute atomic E-state index is 0.00452. The van der Waals surface area contributed by atoms with Crippen LogP contribution in [0.2, 0.25) is 0 Å². The molecule has 0 radical (unpaired) electrons. The molecule has 0 saturated heterocycles. The molecule has 29 heavy (non-hydrogen) atoms. The quantitative estimate of drug-likeness (QED) is 0.259. The lowest BCUT2D eigenvalue weighted by atomic mass is 10.2. The molecule has 0 amide bonds. The van der Waals surface area contributed by atoms with Crippen LogP contribution >= 0.6 is 0 Å². The second kappa shape index (κ2) is 11.5. The van der Waals surface area contributed by atoms with Gasteiger partial charge in [-0.3, -0.25) is 0 Å². The highest BCUT2D eigenvalue weighted by atomic mass is 19.1. The van der Waals surface area contributed by atoms with Gasteiger partial charge in [0.15, 0.2) is 11.6 Å². The highest BCUT2D eigenvalue weighted by Gasteiger charge is 2.10. The van der Waals surface area contributed by atoms with Gasteiger partial charge < -0.3 is 19.3 Å². The lowest BCUT2D eigenvalue weighted by Gasteiger charge is -2.08. The third-order valence-corrected chi connectivity index (χ3v) is 3.94. The Balaban J connectivity index is 1.67.